The number of hydrogen-bond donors (Lipinski definition) is 1. The van der Waals surface area contributed by atoms with Crippen molar-refractivity contribution in [1.82, 2.24) is 25.0 Å². The minimum Gasteiger partial charge on any atom is -0.497 e. The normalized spacial score (nSPS) is 17.5. The number of anilines is 1. The number of ether oxygens (including phenoxy) is 2. The third kappa shape index (κ3) is 2.68. The summed E-state index contributed by atoms with van der Waals surface area (Å²) in [5.41, 5.74) is 2.17. The third-order valence-electron chi connectivity index (χ3n) is 3.77. The molecule has 0 saturated carbocycles. The summed E-state index contributed by atoms with van der Waals surface area (Å²) >= 11 is 0. The van der Waals surface area contributed by atoms with Gasteiger partial charge >= 0.3 is 0 Å². The average Bonchev–Trinajstić information content (AvgIpc) is 3.24. The van der Waals surface area contributed by atoms with Crippen molar-refractivity contribution in [3.63, 3.8) is 0 Å². The van der Waals surface area contributed by atoms with Crippen LogP contribution in [0.3, 0.4) is 0 Å². The largest absolute Gasteiger partial charge is 0.497 e. The predicted octanol–water partition coefficient (Wildman–Crippen LogP) is 1.67. The summed E-state index contributed by atoms with van der Waals surface area (Å²) in [5.74, 6) is 1.35. The minimum atomic E-state index is 0. The summed E-state index contributed by atoms with van der Waals surface area (Å²) in [6.07, 6.45) is 2.63. The van der Waals surface area contributed by atoms with Gasteiger partial charge in [-0.1, -0.05) is 5.21 Å². The molecule has 0 spiro atoms. The maximum Gasteiger partial charge on any atom is 0.225 e. The molecule has 3 aromatic rings. The van der Waals surface area contributed by atoms with Crippen molar-refractivity contribution in [3.8, 4) is 11.4 Å². The fourth-order valence-corrected chi connectivity index (χ4v) is 2.53. The molecule has 3 heterocycles. The molecule has 120 valence electrons. The van der Waals surface area contributed by atoms with Gasteiger partial charge in [0.15, 0.2) is 11.2 Å². The molecule has 1 aliphatic rings. The van der Waals surface area contributed by atoms with E-state index in [-0.39, 0.29) is 7.47 Å². The monoisotopic (exact) mass is 314 g/mol. The van der Waals surface area contributed by atoms with E-state index in [0.717, 1.165) is 24.5 Å². The Morgan fingerprint density at radius 3 is 2.96 bits per heavy atom. The van der Waals surface area contributed by atoms with Crippen molar-refractivity contribution in [3.05, 3.63) is 30.5 Å². The van der Waals surface area contributed by atoms with E-state index in [4.69, 9.17) is 9.47 Å². The molecule has 0 amide bonds. The van der Waals surface area contributed by atoms with Crippen LogP contribution in [0.15, 0.2) is 30.5 Å². The molecular formula is C15H18N6O2. The lowest BCUT2D eigenvalue weighted by Crippen LogP contribution is -2.20. The van der Waals surface area contributed by atoms with E-state index in [0.29, 0.717) is 23.7 Å². The van der Waals surface area contributed by atoms with Crippen molar-refractivity contribution >= 4 is 17.1 Å². The molecule has 1 N–H and O–H groups in total. The van der Waals surface area contributed by atoms with Gasteiger partial charge in [0.25, 0.3) is 0 Å². The Morgan fingerprint density at radius 1 is 1.35 bits per heavy atom. The zero-order chi connectivity index (χ0) is 15.6. The Morgan fingerprint density at radius 2 is 2.22 bits per heavy atom. The lowest BCUT2D eigenvalue weighted by Gasteiger charge is -2.10. The van der Waals surface area contributed by atoms with Crippen LogP contribution in [0.1, 0.15) is 7.85 Å². The van der Waals surface area contributed by atoms with Gasteiger partial charge in [0, 0.05) is 8.03 Å². The topological polar surface area (TPSA) is 87.0 Å². The first-order valence-electron chi connectivity index (χ1n) is 7.40. The number of fused-ring (bicyclic) bond motifs is 1. The van der Waals surface area contributed by atoms with Crippen LogP contribution in [0.2, 0.25) is 0 Å². The highest BCUT2D eigenvalue weighted by Gasteiger charge is 2.17. The number of aromatic nitrogens is 5. The first-order chi connectivity index (χ1) is 11.3. The first kappa shape index (κ1) is 13.9. The van der Waals surface area contributed by atoms with E-state index in [1.54, 1.807) is 18.0 Å². The van der Waals surface area contributed by atoms with Gasteiger partial charge in [0.05, 0.1) is 31.6 Å². The van der Waals surface area contributed by atoms with E-state index in [9.17, 15) is 0 Å². The number of methoxy groups -OCH3 is 1. The summed E-state index contributed by atoms with van der Waals surface area (Å²) in [6, 6.07) is 7.82. The second-order valence-electron chi connectivity index (χ2n) is 5.31. The standard InChI is InChI=1S/C15H16N6O2.H2/c1-22-12-4-2-11(3-5-12)21-14-13(19-20-21)8-16-15(18-14)17-10-6-7-23-9-10;/h2-5,8,10H,6-7,9H2,1H3,(H,16,17,18);1H/t10-;/m0./s1. The van der Waals surface area contributed by atoms with Crippen molar-refractivity contribution in [2.24, 2.45) is 0 Å². The van der Waals surface area contributed by atoms with E-state index in [1.165, 1.54) is 0 Å². The molecule has 8 heteroatoms. The molecule has 0 aliphatic carbocycles. The number of nitrogens with one attached hydrogen (secondary N) is 1. The van der Waals surface area contributed by atoms with Gasteiger partial charge in [0.1, 0.15) is 5.75 Å². The molecule has 0 radical (unpaired) electrons. The van der Waals surface area contributed by atoms with Crippen molar-refractivity contribution in [2.75, 3.05) is 25.6 Å². The summed E-state index contributed by atoms with van der Waals surface area (Å²) in [6.45, 7) is 1.45. The first-order valence-corrected chi connectivity index (χ1v) is 7.40. The number of rotatable bonds is 4. The molecule has 0 unspecified atom stereocenters. The van der Waals surface area contributed by atoms with Gasteiger partial charge in [-0.25, -0.2) is 4.98 Å². The van der Waals surface area contributed by atoms with Crippen molar-refractivity contribution < 1.29 is 10.9 Å². The van der Waals surface area contributed by atoms with E-state index >= 15 is 0 Å². The van der Waals surface area contributed by atoms with Gasteiger partial charge in [-0.05, 0) is 30.7 Å². The van der Waals surface area contributed by atoms with E-state index in [1.807, 2.05) is 24.3 Å². The Labute approximate surface area is 133 Å². The molecule has 1 saturated heterocycles. The number of benzene rings is 1. The third-order valence-corrected chi connectivity index (χ3v) is 3.77. The highest BCUT2D eigenvalue weighted by atomic mass is 16.5. The molecular weight excluding hydrogens is 296 g/mol. The zero-order valence-corrected chi connectivity index (χ0v) is 12.6. The summed E-state index contributed by atoms with van der Waals surface area (Å²) in [5, 5.41) is 11.6. The van der Waals surface area contributed by atoms with Crippen LogP contribution in [0.4, 0.5) is 5.95 Å². The maximum atomic E-state index is 5.36. The molecule has 1 fully saturated rings. The molecule has 4 rings (SSSR count). The quantitative estimate of drug-likeness (QED) is 0.783. The number of hydrogen-bond acceptors (Lipinski definition) is 7. The van der Waals surface area contributed by atoms with Crippen molar-refractivity contribution in [1.29, 1.82) is 0 Å². The molecule has 1 aliphatic heterocycles. The number of nitrogens with zero attached hydrogens (tertiary/aromatic N) is 5. The molecule has 1 aromatic carbocycles. The Balaban J connectivity index is 0.00000169. The van der Waals surface area contributed by atoms with Crippen LogP contribution < -0.4 is 10.1 Å². The van der Waals surface area contributed by atoms with Crippen LogP contribution in [-0.2, 0) is 4.74 Å². The summed E-state index contributed by atoms with van der Waals surface area (Å²) in [7, 11) is 1.64. The van der Waals surface area contributed by atoms with Crippen LogP contribution >= 0.6 is 0 Å². The second kappa shape index (κ2) is 5.81. The lowest BCUT2D eigenvalue weighted by molar-refractivity contribution is 0.195. The maximum absolute atomic E-state index is 5.36. The molecule has 23 heavy (non-hydrogen) atoms. The minimum absolute atomic E-state index is 0. The highest BCUT2D eigenvalue weighted by molar-refractivity contribution is 5.72. The van der Waals surface area contributed by atoms with Gasteiger partial charge < -0.3 is 14.8 Å². The smallest absolute Gasteiger partial charge is 0.225 e. The Kier molecular flexibility index (Phi) is 3.51. The van der Waals surface area contributed by atoms with Crippen LogP contribution in [-0.4, -0.2) is 51.3 Å². The van der Waals surface area contributed by atoms with Crippen LogP contribution in [0.5, 0.6) is 5.75 Å². The van der Waals surface area contributed by atoms with Crippen molar-refractivity contribution in [2.45, 2.75) is 12.5 Å². The SMILES string of the molecule is COc1ccc(-n2nnc3cnc(N[C@H]4CCOC4)nc32)cc1.[HH]. The van der Waals surface area contributed by atoms with Crippen LogP contribution in [0.25, 0.3) is 16.9 Å². The Bertz CT molecular complexity index is 816. The average molecular weight is 314 g/mol. The molecule has 2 aromatic heterocycles. The fraction of sp³-hybridized carbons (Fsp3) is 0.333. The molecule has 0 bridgehead atoms. The van der Waals surface area contributed by atoms with Gasteiger partial charge in [0.2, 0.25) is 5.95 Å². The summed E-state index contributed by atoms with van der Waals surface area (Å²) in [4.78, 5) is 8.84. The zero-order valence-electron chi connectivity index (χ0n) is 12.6. The van der Waals surface area contributed by atoms with Gasteiger partial charge in [-0.2, -0.15) is 9.67 Å². The molecule has 1 atom stereocenters. The van der Waals surface area contributed by atoms with Crippen LogP contribution in [0, 0.1) is 0 Å². The van der Waals surface area contributed by atoms with E-state index < -0.39 is 0 Å². The predicted molar refractivity (Wildman–Crippen MR) is 86.0 cm³/mol. The molecule has 8 nitrogen and oxygen atoms in total. The summed E-state index contributed by atoms with van der Waals surface area (Å²) < 4.78 is 12.2. The van der Waals surface area contributed by atoms with Gasteiger partial charge in [-0.15, -0.1) is 5.10 Å². The Hall–Kier alpha value is -2.74. The lowest BCUT2D eigenvalue weighted by atomic mass is 10.3. The van der Waals surface area contributed by atoms with Gasteiger partial charge in [-0.3, -0.25) is 0 Å². The second-order valence-corrected chi connectivity index (χ2v) is 5.31. The van der Waals surface area contributed by atoms with E-state index in [2.05, 4.69) is 25.6 Å². The fourth-order valence-electron chi connectivity index (χ4n) is 2.53. The highest BCUT2D eigenvalue weighted by Crippen LogP contribution is 2.19.